The number of benzene rings is 2. The normalized spacial score (nSPS) is 21.2. The van der Waals surface area contributed by atoms with Crippen LogP contribution in [0.5, 0.6) is 0 Å². The van der Waals surface area contributed by atoms with E-state index in [1.807, 2.05) is 0 Å². The van der Waals surface area contributed by atoms with Crippen LogP contribution in [0, 0.1) is 11.8 Å². The number of carbonyl (C=O) groups excluding carboxylic acids is 6. The van der Waals surface area contributed by atoms with E-state index in [4.69, 9.17) is 10.5 Å². The van der Waals surface area contributed by atoms with Crippen molar-refractivity contribution in [3.8, 4) is 0 Å². The van der Waals surface area contributed by atoms with E-state index in [0.717, 1.165) is 22.6 Å². The van der Waals surface area contributed by atoms with Crippen molar-refractivity contribution >= 4 is 77.5 Å². The van der Waals surface area contributed by atoms with Gasteiger partial charge in [0, 0.05) is 24.3 Å². The third-order valence-corrected chi connectivity index (χ3v) is 13.6. The van der Waals surface area contributed by atoms with Gasteiger partial charge in [-0.05, 0) is 60.3 Å². The molecular formula is C42H46N6O16S3. The fraction of sp³-hybridized carbons (Fsp3) is 0.333. The number of carbonyl (C=O) groups is 6. The number of esters is 1. The van der Waals surface area contributed by atoms with Gasteiger partial charge in [0.05, 0.1) is 36.1 Å². The molecule has 0 aromatic heterocycles. The third-order valence-electron chi connectivity index (χ3n) is 10.5. The van der Waals surface area contributed by atoms with Gasteiger partial charge in [-0.25, -0.2) is 14.8 Å². The van der Waals surface area contributed by atoms with E-state index < -0.39 is 128 Å². The van der Waals surface area contributed by atoms with Crippen molar-refractivity contribution in [1.82, 2.24) is 15.5 Å². The Hall–Kier alpha value is -6.35. The van der Waals surface area contributed by atoms with E-state index in [0.29, 0.717) is 12.2 Å². The number of nitrogens with two attached hydrogens (primary N) is 1. The maximum absolute atomic E-state index is 14.3. The second kappa shape index (κ2) is 21.1. The monoisotopic (exact) mass is 986 g/mol. The van der Waals surface area contributed by atoms with Gasteiger partial charge in [0.2, 0.25) is 29.8 Å². The molecule has 2 aromatic carbocycles. The number of likely N-dealkylation sites (N-methyl/N-ethyl adjacent to an activating group) is 1. The molecule has 6 atom stereocenters. The Balaban J connectivity index is 1.60. The van der Waals surface area contributed by atoms with Crippen LogP contribution < -0.4 is 16.4 Å². The second-order valence-corrected chi connectivity index (χ2v) is 20.4. The zero-order chi connectivity index (χ0) is 49.6. The summed E-state index contributed by atoms with van der Waals surface area (Å²) >= 11 is 0. The molecular weight excluding hydrogens is 941 g/mol. The number of nitrogens with zero attached hydrogens (tertiary/aromatic N) is 3. The van der Waals surface area contributed by atoms with Crippen LogP contribution in [0.4, 0.5) is 0 Å². The molecule has 5 rings (SSSR count). The number of amides is 3. The minimum absolute atomic E-state index is 0.0576. The number of rotatable bonds is 19. The van der Waals surface area contributed by atoms with Crippen molar-refractivity contribution in [3.05, 3.63) is 118 Å². The second-order valence-electron chi connectivity index (χ2n) is 15.9. The Morgan fingerprint density at radius 2 is 1.54 bits per heavy atom. The molecule has 3 aliphatic rings. The van der Waals surface area contributed by atoms with Crippen LogP contribution in [0.1, 0.15) is 36.2 Å². The SMILES string of the molecule is CC(C)C[C@H](NC(=O)[C@@H](N)Cc1ccccc1)C(=O)NCC(=O)C(N=C1C=CC(S(=O)(=O)O)C2=CC(S(=O)(=O)O)=C(C(=O)C3=CC(=NC=O)CN3C)C(S(=O)(=O)O)C21)OC(=O)c1ccccc1. The summed E-state index contributed by atoms with van der Waals surface area (Å²) in [4.78, 5) is 87.1. The molecule has 67 heavy (non-hydrogen) atoms. The smallest absolute Gasteiger partial charge is 0.340 e. The summed E-state index contributed by atoms with van der Waals surface area (Å²) in [5.41, 5.74) is 3.15. The number of fused-ring (bicyclic) bond motifs is 1. The summed E-state index contributed by atoms with van der Waals surface area (Å²) in [6.07, 6.45) is 0.716. The highest BCUT2D eigenvalue weighted by atomic mass is 32.2. The molecule has 0 saturated carbocycles. The average Bonchev–Trinajstić information content (AvgIpc) is 3.62. The molecule has 25 heteroatoms. The first kappa shape index (κ1) is 51.6. The molecule has 0 radical (unpaired) electrons. The van der Waals surface area contributed by atoms with Gasteiger partial charge in [0.1, 0.15) is 21.4 Å². The molecule has 4 unspecified atom stereocenters. The largest absolute Gasteiger partial charge is 0.428 e. The van der Waals surface area contributed by atoms with E-state index in [2.05, 4.69) is 20.6 Å². The highest BCUT2D eigenvalue weighted by Gasteiger charge is 2.53. The molecule has 0 fully saturated rings. The van der Waals surface area contributed by atoms with Crippen LogP contribution in [0.25, 0.3) is 0 Å². The Morgan fingerprint density at radius 3 is 2.10 bits per heavy atom. The number of ether oxygens (including phenoxy) is 1. The zero-order valence-electron chi connectivity index (χ0n) is 35.8. The lowest BCUT2D eigenvalue weighted by atomic mass is 9.77. The van der Waals surface area contributed by atoms with E-state index in [-0.39, 0.29) is 43.0 Å². The summed E-state index contributed by atoms with van der Waals surface area (Å²) in [6.45, 7) is 2.28. The van der Waals surface area contributed by atoms with Gasteiger partial charge in [-0.3, -0.25) is 37.6 Å². The minimum atomic E-state index is -5.86. The number of hydrogen-bond donors (Lipinski definition) is 6. The molecule has 2 aliphatic carbocycles. The molecule has 22 nitrogen and oxygen atoms in total. The Labute approximate surface area is 385 Å². The zero-order valence-corrected chi connectivity index (χ0v) is 38.3. The lowest BCUT2D eigenvalue weighted by Gasteiger charge is -2.37. The van der Waals surface area contributed by atoms with Crippen molar-refractivity contribution in [3.63, 3.8) is 0 Å². The van der Waals surface area contributed by atoms with Crippen molar-refractivity contribution in [1.29, 1.82) is 0 Å². The molecule has 7 N–H and O–H groups in total. The highest BCUT2D eigenvalue weighted by molar-refractivity contribution is 7.90. The number of aliphatic imine (C=N–C) groups is 2. The first-order chi connectivity index (χ1) is 31.3. The summed E-state index contributed by atoms with van der Waals surface area (Å²) in [7, 11) is -15.7. The molecule has 0 bridgehead atoms. The minimum Gasteiger partial charge on any atom is -0.428 e. The van der Waals surface area contributed by atoms with Gasteiger partial charge in [-0.1, -0.05) is 68.5 Å². The average molecular weight is 987 g/mol. The first-order valence-corrected chi connectivity index (χ1v) is 24.5. The molecule has 358 valence electrons. The van der Waals surface area contributed by atoms with E-state index in [1.54, 1.807) is 50.2 Å². The van der Waals surface area contributed by atoms with Crippen LogP contribution in [0.2, 0.25) is 0 Å². The lowest BCUT2D eigenvalue weighted by molar-refractivity contribution is -0.132. The fourth-order valence-electron chi connectivity index (χ4n) is 7.49. The standard InChI is InChI=1S/C42H46N6O16S3/c1-23(2)16-30(46-39(52)28(43)17-24-10-6-4-7-11-24)40(53)44-20-32(50)41(64-42(54)25-12-8-5-9-13-25)47-29-14-15-33(65(55,56)57)27-19-34(66(58,59)60)36(38(35(27)29)67(61,62)63)37(51)31-18-26(45-22-49)21-48(31)3/h4-15,18-19,22-23,28,30,33,35,38,41H,16-17,20-21,43H2,1-3H3,(H,44,53)(H,46,52)(H,55,56,57)(H,58,59,60)(H,61,62,63)/t28-,30-,33?,35?,38?,41?/m0/s1. The van der Waals surface area contributed by atoms with E-state index in [9.17, 15) is 67.7 Å². The van der Waals surface area contributed by atoms with E-state index >= 15 is 0 Å². The molecule has 3 amide bonds. The van der Waals surface area contributed by atoms with Gasteiger partial charge in [0.15, 0.2) is 0 Å². The highest BCUT2D eigenvalue weighted by Crippen LogP contribution is 2.43. The van der Waals surface area contributed by atoms with Gasteiger partial charge < -0.3 is 26.0 Å². The number of hydrogen-bond acceptors (Lipinski definition) is 16. The number of ketones is 2. The summed E-state index contributed by atoms with van der Waals surface area (Å²) in [5, 5.41) is -0.290. The van der Waals surface area contributed by atoms with Crippen LogP contribution in [-0.4, -0.2) is 140 Å². The Bertz CT molecular complexity index is 2860. The molecule has 1 heterocycles. The van der Waals surface area contributed by atoms with Crippen LogP contribution in [0.3, 0.4) is 0 Å². The quantitative estimate of drug-likeness (QED) is 0.0621. The third kappa shape index (κ3) is 12.8. The van der Waals surface area contributed by atoms with Crippen LogP contribution >= 0.6 is 0 Å². The number of Topliss-reactive ketones (excluding diaryl/α,β-unsaturated/α-hetero) is 2. The lowest BCUT2D eigenvalue weighted by Crippen LogP contribution is -2.53. The maximum Gasteiger partial charge on any atom is 0.340 e. The number of nitrogens with one attached hydrogen (secondary N) is 2. The van der Waals surface area contributed by atoms with Crippen molar-refractivity contribution in [2.45, 2.75) is 55.5 Å². The Kier molecular flexibility index (Phi) is 16.2. The predicted molar refractivity (Wildman–Crippen MR) is 240 cm³/mol. The Morgan fingerprint density at radius 1 is 0.910 bits per heavy atom. The molecule has 0 saturated heterocycles. The maximum atomic E-state index is 14.3. The summed E-state index contributed by atoms with van der Waals surface area (Å²) in [5.74, 6) is -8.00. The van der Waals surface area contributed by atoms with Gasteiger partial charge >= 0.3 is 5.97 Å². The summed E-state index contributed by atoms with van der Waals surface area (Å²) < 4.78 is 116. The van der Waals surface area contributed by atoms with Crippen molar-refractivity contribution in [2.24, 2.45) is 27.6 Å². The van der Waals surface area contributed by atoms with Crippen LogP contribution in [0.15, 0.2) is 117 Å². The van der Waals surface area contributed by atoms with Crippen molar-refractivity contribution < 1.29 is 72.4 Å². The van der Waals surface area contributed by atoms with Gasteiger partial charge in [-0.2, -0.15) is 25.3 Å². The summed E-state index contributed by atoms with van der Waals surface area (Å²) in [6, 6.07) is 13.5. The van der Waals surface area contributed by atoms with Gasteiger partial charge in [0.25, 0.3) is 36.6 Å². The van der Waals surface area contributed by atoms with Crippen LogP contribution in [-0.2, 0) is 65.5 Å². The number of allylic oxidation sites excluding steroid dienone is 3. The predicted octanol–water partition coefficient (Wildman–Crippen LogP) is 0.173. The molecule has 0 spiro atoms. The van der Waals surface area contributed by atoms with Crippen molar-refractivity contribution in [2.75, 3.05) is 20.1 Å². The van der Waals surface area contributed by atoms with Gasteiger partial charge in [-0.15, -0.1) is 0 Å². The first-order valence-electron chi connectivity index (χ1n) is 20.1. The molecule has 1 aliphatic heterocycles. The fourth-order valence-corrected chi connectivity index (χ4v) is 10.4. The molecule has 2 aromatic rings. The topological polar surface area (TPSA) is 353 Å². The van der Waals surface area contributed by atoms with E-state index in [1.165, 1.54) is 31.3 Å².